The number of methoxy groups -OCH3 is 1. The molecule has 1 aromatic rings. The molecule has 4 nitrogen and oxygen atoms in total. The van der Waals surface area contributed by atoms with Gasteiger partial charge in [0.1, 0.15) is 5.75 Å². The smallest absolute Gasteiger partial charge is 0.242 e. The lowest BCUT2D eigenvalue weighted by atomic mass is 9.88. The van der Waals surface area contributed by atoms with Crippen LogP contribution in [0.25, 0.3) is 0 Å². The van der Waals surface area contributed by atoms with Crippen molar-refractivity contribution in [3.05, 3.63) is 29.8 Å². The molecule has 1 aliphatic rings. The molecule has 23 heavy (non-hydrogen) atoms. The highest BCUT2D eigenvalue weighted by Crippen LogP contribution is 2.27. The summed E-state index contributed by atoms with van der Waals surface area (Å²) in [5, 5.41) is 0. The number of ether oxygens (including phenoxy) is 1. The first-order valence-corrected chi connectivity index (χ1v) is 8.68. The molecule has 0 bridgehead atoms. The average molecular weight is 318 g/mol. The van der Waals surface area contributed by atoms with E-state index in [1.165, 1.54) is 5.56 Å². The van der Waals surface area contributed by atoms with Gasteiger partial charge in [-0.1, -0.05) is 31.5 Å². The lowest BCUT2D eigenvalue weighted by Gasteiger charge is -2.37. The van der Waals surface area contributed by atoms with Crippen LogP contribution in [0.5, 0.6) is 5.75 Å². The number of rotatable bonds is 6. The quantitative estimate of drug-likeness (QED) is 0.877. The molecular formula is C19H30N2O2. The predicted molar refractivity (Wildman–Crippen MR) is 93.5 cm³/mol. The third-order valence-electron chi connectivity index (χ3n) is 4.86. The number of carbonyl (C=O) groups is 1. The Bertz CT molecular complexity index is 520. The highest BCUT2D eigenvalue weighted by atomic mass is 16.5. The number of benzene rings is 1. The minimum absolute atomic E-state index is 0.107. The number of hydrogen-bond acceptors (Lipinski definition) is 3. The molecule has 0 aromatic heterocycles. The van der Waals surface area contributed by atoms with Crippen molar-refractivity contribution in [1.29, 1.82) is 0 Å². The van der Waals surface area contributed by atoms with Crippen LogP contribution < -0.4 is 10.5 Å². The molecular weight excluding hydrogens is 288 g/mol. The zero-order valence-corrected chi connectivity index (χ0v) is 14.7. The lowest BCUT2D eigenvalue weighted by Crippen LogP contribution is -2.55. The Morgan fingerprint density at radius 2 is 2.00 bits per heavy atom. The van der Waals surface area contributed by atoms with E-state index in [1.54, 1.807) is 7.11 Å². The van der Waals surface area contributed by atoms with Gasteiger partial charge in [0.15, 0.2) is 0 Å². The van der Waals surface area contributed by atoms with Gasteiger partial charge in [0.2, 0.25) is 5.91 Å². The summed E-state index contributed by atoms with van der Waals surface area (Å²) >= 11 is 0. The van der Waals surface area contributed by atoms with E-state index in [0.717, 1.165) is 50.9 Å². The molecule has 2 N–H and O–H groups in total. The number of nitrogens with two attached hydrogens (primary N) is 1. The maximum Gasteiger partial charge on any atom is 0.242 e. The van der Waals surface area contributed by atoms with Crippen LogP contribution in [0.1, 0.15) is 45.1 Å². The van der Waals surface area contributed by atoms with Gasteiger partial charge >= 0.3 is 0 Å². The molecule has 1 unspecified atom stereocenters. The van der Waals surface area contributed by atoms with Crippen molar-refractivity contribution in [1.82, 2.24) is 4.90 Å². The van der Waals surface area contributed by atoms with E-state index in [1.807, 2.05) is 24.0 Å². The molecule has 2 rings (SSSR count). The third kappa shape index (κ3) is 4.47. The first-order valence-electron chi connectivity index (χ1n) is 8.68. The zero-order valence-electron chi connectivity index (χ0n) is 14.7. The Hall–Kier alpha value is -1.55. The Kier molecular flexibility index (Phi) is 6.05. The van der Waals surface area contributed by atoms with Crippen molar-refractivity contribution >= 4 is 5.91 Å². The van der Waals surface area contributed by atoms with Crippen molar-refractivity contribution in [2.45, 2.75) is 51.5 Å². The Labute approximate surface area is 140 Å². The number of likely N-dealkylation sites (tertiary alicyclic amines) is 1. The fraction of sp³-hybridized carbons (Fsp3) is 0.632. The van der Waals surface area contributed by atoms with Crippen molar-refractivity contribution in [3.63, 3.8) is 0 Å². The van der Waals surface area contributed by atoms with Crippen molar-refractivity contribution in [2.24, 2.45) is 11.7 Å². The normalized spacial score (nSPS) is 18.5. The van der Waals surface area contributed by atoms with E-state index < -0.39 is 5.54 Å². The number of hydrogen-bond donors (Lipinski definition) is 1. The molecule has 128 valence electrons. The van der Waals surface area contributed by atoms with Crippen LogP contribution in [0.2, 0.25) is 0 Å². The summed E-state index contributed by atoms with van der Waals surface area (Å²) in [4.78, 5) is 14.5. The number of amides is 1. The van der Waals surface area contributed by atoms with Gasteiger partial charge in [-0.3, -0.25) is 4.79 Å². The summed E-state index contributed by atoms with van der Waals surface area (Å²) in [5.41, 5.74) is 6.73. The Morgan fingerprint density at radius 1 is 1.35 bits per heavy atom. The summed E-state index contributed by atoms with van der Waals surface area (Å²) in [6, 6.07) is 8.20. The van der Waals surface area contributed by atoms with Crippen LogP contribution in [0.4, 0.5) is 0 Å². The molecule has 1 aromatic carbocycles. The minimum atomic E-state index is -0.718. The van der Waals surface area contributed by atoms with Crippen LogP contribution >= 0.6 is 0 Å². The molecule has 1 saturated heterocycles. The number of para-hydroxylation sites is 1. The van der Waals surface area contributed by atoms with Gasteiger partial charge in [-0.2, -0.15) is 0 Å². The van der Waals surface area contributed by atoms with E-state index in [2.05, 4.69) is 19.1 Å². The maximum absolute atomic E-state index is 12.6. The molecule has 0 spiro atoms. The first kappa shape index (κ1) is 17.8. The van der Waals surface area contributed by atoms with E-state index in [-0.39, 0.29) is 5.91 Å². The van der Waals surface area contributed by atoms with Gasteiger partial charge in [0, 0.05) is 13.1 Å². The summed E-state index contributed by atoms with van der Waals surface area (Å²) < 4.78 is 5.44. The molecule has 0 radical (unpaired) electrons. The van der Waals surface area contributed by atoms with Gasteiger partial charge in [-0.05, 0) is 50.2 Å². The van der Waals surface area contributed by atoms with Gasteiger partial charge < -0.3 is 15.4 Å². The van der Waals surface area contributed by atoms with Gasteiger partial charge in [0.25, 0.3) is 0 Å². The fourth-order valence-corrected chi connectivity index (χ4v) is 3.51. The topological polar surface area (TPSA) is 55.6 Å². The number of nitrogens with zero attached hydrogens (tertiary/aromatic N) is 1. The van der Waals surface area contributed by atoms with E-state index in [9.17, 15) is 4.79 Å². The third-order valence-corrected chi connectivity index (χ3v) is 4.86. The van der Waals surface area contributed by atoms with Crippen molar-refractivity contribution in [2.75, 3.05) is 20.2 Å². The van der Waals surface area contributed by atoms with Crippen LogP contribution in [0, 0.1) is 5.92 Å². The van der Waals surface area contributed by atoms with Gasteiger partial charge in [-0.15, -0.1) is 0 Å². The monoisotopic (exact) mass is 318 g/mol. The number of piperidine rings is 1. The molecule has 1 amide bonds. The molecule has 4 heteroatoms. The molecule has 0 saturated carbocycles. The van der Waals surface area contributed by atoms with Crippen LogP contribution in [0.3, 0.4) is 0 Å². The molecule has 1 heterocycles. The second-order valence-electron chi connectivity index (χ2n) is 6.92. The standard InChI is InChI=1S/C19H30N2O2/c1-4-11-19(2,20)18(22)21-12-9-15(10-13-21)14-16-7-5-6-8-17(16)23-3/h5-8,15H,4,9-14,20H2,1-3H3. The summed E-state index contributed by atoms with van der Waals surface area (Å²) in [6.07, 6.45) is 4.76. The second-order valence-corrected chi connectivity index (χ2v) is 6.92. The minimum Gasteiger partial charge on any atom is -0.496 e. The molecule has 1 atom stereocenters. The molecule has 1 aliphatic heterocycles. The SMILES string of the molecule is CCCC(C)(N)C(=O)N1CCC(Cc2ccccc2OC)CC1. The Balaban J connectivity index is 1.90. The number of carbonyl (C=O) groups excluding carboxylic acids is 1. The van der Waals surface area contributed by atoms with Gasteiger partial charge in [-0.25, -0.2) is 0 Å². The largest absolute Gasteiger partial charge is 0.496 e. The van der Waals surface area contributed by atoms with Crippen LogP contribution in [-0.2, 0) is 11.2 Å². The van der Waals surface area contributed by atoms with E-state index in [4.69, 9.17) is 10.5 Å². The highest BCUT2D eigenvalue weighted by Gasteiger charge is 2.33. The highest BCUT2D eigenvalue weighted by molar-refractivity contribution is 5.85. The van der Waals surface area contributed by atoms with Gasteiger partial charge in [0.05, 0.1) is 12.6 Å². The van der Waals surface area contributed by atoms with E-state index in [0.29, 0.717) is 5.92 Å². The van der Waals surface area contributed by atoms with E-state index >= 15 is 0 Å². The van der Waals surface area contributed by atoms with Crippen LogP contribution in [0.15, 0.2) is 24.3 Å². The van der Waals surface area contributed by atoms with Crippen LogP contribution in [-0.4, -0.2) is 36.5 Å². The zero-order chi connectivity index (χ0) is 16.9. The molecule has 1 fully saturated rings. The average Bonchev–Trinajstić information content (AvgIpc) is 2.55. The maximum atomic E-state index is 12.6. The fourth-order valence-electron chi connectivity index (χ4n) is 3.51. The first-order chi connectivity index (χ1) is 11.0. The Morgan fingerprint density at radius 3 is 2.61 bits per heavy atom. The second kappa shape index (κ2) is 7.82. The van der Waals surface area contributed by atoms with Crippen molar-refractivity contribution in [3.8, 4) is 5.75 Å². The predicted octanol–water partition coefficient (Wildman–Crippen LogP) is 2.99. The summed E-state index contributed by atoms with van der Waals surface area (Å²) in [6.45, 7) is 5.56. The lowest BCUT2D eigenvalue weighted by molar-refractivity contribution is -0.138. The van der Waals surface area contributed by atoms with Crippen molar-refractivity contribution < 1.29 is 9.53 Å². The summed E-state index contributed by atoms with van der Waals surface area (Å²) in [7, 11) is 1.72. The molecule has 0 aliphatic carbocycles. The summed E-state index contributed by atoms with van der Waals surface area (Å²) in [5.74, 6) is 1.67.